The van der Waals surface area contributed by atoms with Gasteiger partial charge in [-0.25, -0.2) is 4.98 Å². The first-order chi connectivity index (χ1) is 16.4. The molecular formula is C26H31N3O4S. The van der Waals surface area contributed by atoms with Crippen LogP contribution in [0.5, 0.6) is 5.75 Å². The summed E-state index contributed by atoms with van der Waals surface area (Å²) in [4.78, 5) is 35.6. The molecular weight excluding hydrogens is 450 g/mol. The van der Waals surface area contributed by atoms with Gasteiger partial charge in [0, 0.05) is 13.1 Å². The van der Waals surface area contributed by atoms with E-state index in [2.05, 4.69) is 16.5 Å². The maximum atomic E-state index is 13.6. The van der Waals surface area contributed by atoms with Gasteiger partial charge in [-0.15, -0.1) is 11.3 Å². The van der Waals surface area contributed by atoms with Crippen molar-refractivity contribution in [1.29, 1.82) is 0 Å². The standard InChI is InChI=1S/C26H31N3O4S/c1-4-16-33-20-10-8-19(9-11-20)22-21(23(30)25-17(2)27-18(3)34-25)24(31)26(32)29(22)15-14-28-12-6-5-7-13-28/h4,8-11,22,31H,1,5-7,12-16H2,2-3H3. The molecule has 2 aromatic rings. The SMILES string of the molecule is C=CCOc1ccc(C2C(C(=O)c3sc(C)nc3C)=C(O)C(=O)N2CCN2CCCCC2)cc1. The predicted octanol–water partition coefficient (Wildman–Crippen LogP) is 4.39. The van der Waals surface area contributed by atoms with E-state index in [1.165, 1.54) is 17.8 Å². The van der Waals surface area contributed by atoms with Gasteiger partial charge in [-0.1, -0.05) is 31.2 Å². The number of nitrogens with zero attached hydrogens (tertiary/aromatic N) is 3. The first-order valence-electron chi connectivity index (χ1n) is 11.7. The number of piperidine rings is 1. The lowest BCUT2D eigenvalue weighted by Crippen LogP contribution is -2.40. The minimum Gasteiger partial charge on any atom is -0.503 e. The third kappa shape index (κ3) is 4.93. The highest BCUT2D eigenvalue weighted by atomic mass is 32.1. The summed E-state index contributed by atoms with van der Waals surface area (Å²) in [5.41, 5.74) is 1.48. The van der Waals surface area contributed by atoms with Gasteiger partial charge >= 0.3 is 0 Å². The van der Waals surface area contributed by atoms with Crippen molar-refractivity contribution >= 4 is 23.0 Å². The van der Waals surface area contributed by atoms with Crippen LogP contribution in [0.25, 0.3) is 0 Å². The first-order valence-corrected chi connectivity index (χ1v) is 12.5. The fraction of sp³-hybridized carbons (Fsp3) is 0.423. The molecule has 2 aliphatic heterocycles. The number of aliphatic hydroxyl groups excluding tert-OH is 1. The van der Waals surface area contributed by atoms with Crippen LogP contribution in [-0.4, -0.2) is 64.4 Å². The molecule has 8 heteroatoms. The van der Waals surface area contributed by atoms with Gasteiger partial charge < -0.3 is 19.6 Å². The first kappa shape index (κ1) is 24.2. The largest absolute Gasteiger partial charge is 0.503 e. The highest BCUT2D eigenvalue weighted by Crippen LogP contribution is 2.40. The Balaban J connectivity index is 1.67. The van der Waals surface area contributed by atoms with Gasteiger partial charge in [0.25, 0.3) is 5.91 Å². The number of aromatic nitrogens is 1. The van der Waals surface area contributed by atoms with Crippen LogP contribution >= 0.6 is 11.3 Å². The summed E-state index contributed by atoms with van der Waals surface area (Å²) in [7, 11) is 0. The van der Waals surface area contributed by atoms with Crippen molar-refractivity contribution in [3.8, 4) is 5.75 Å². The molecule has 3 heterocycles. The van der Waals surface area contributed by atoms with Crippen molar-refractivity contribution in [1.82, 2.24) is 14.8 Å². The van der Waals surface area contributed by atoms with Crippen LogP contribution in [0.4, 0.5) is 0 Å². The van der Waals surface area contributed by atoms with E-state index in [0.717, 1.165) is 36.5 Å². The number of amides is 1. The third-order valence-electron chi connectivity index (χ3n) is 6.33. The van der Waals surface area contributed by atoms with Crippen molar-refractivity contribution in [2.45, 2.75) is 39.2 Å². The molecule has 2 aliphatic rings. The molecule has 1 amide bonds. The van der Waals surface area contributed by atoms with Gasteiger partial charge in [0.1, 0.15) is 12.4 Å². The van der Waals surface area contributed by atoms with E-state index >= 15 is 0 Å². The van der Waals surface area contributed by atoms with Crippen LogP contribution in [0, 0.1) is 13.8 Å². The molecule has 7 nitrogen and oxygen atoms in total. The van der Waals surface area contributed by atoms with E-state index in [1.54, 1.807) is 17.9 Å². The summed E-state index contributed by atoms with van der Waals surface area (Å²) in [5, 5.41) is 11.7. The summed E-state index contributed by atoms with van der Waals surface area (Å²) in [6.45, 7) is 10.8. The topological polar surface area (TPSA) is 83.0 Å². The molecule has 1 aromatic heterocycles. The van der Waals surface area contributed by atoms with E-state index in [9.17, 15) is 14.7 Å². The van der Waals surface area contributed by atoms with E-state index in [4.69, 9.17) is 4.74 Å². The van der Waals surface area contributed by atoms with Crippen LogP contribution in [0.3, 0.4) is 0 Å². The number of rotatable bonds is 9. The Bertz CT molecular complexity index is 1100. The van der Waals surface area contributed by atoms with Crippen LogP contribution in [0.2, 0.25) is 0 Å². The van der Waals surface area contributed by atoms with E-state index in [-0.39, 0.29) is 11.4 Å². The van der Waals surface area contributed by atoms with Crippen LogP contribution in [-0.2, 0) is 4.79 Å². The number of hydrogen-bond donors (Lipinski definition) is 1. The van der Waals surface area contributed by atoms with Gasteiger partial charge in [0.15, 0.2) is 5.76 Å². The Morgan fingerprint density at radius 2 is 1.91 bits per heavy atom. The highest BCUT2D eigenvalue weighted by Gasteiger charge is 2.44. The fourth-order valence-electron chi connectivity index (χ4n) is 4.66. The third-order valence-corrected chi connectivity index (χ3v) is 7.40. The average Bonchev–Trinajstić information content (AvgIpc) is 3.32. The second-order valence-electron chi connectivity index (χ2n) is 8.71. The molecule has 34 heavy (non-hydrogen) atoms. The Kier molecular flexibility index (Phi) is 7.48. The Morgan fingerprint density at radius 3 is 2.53 bits per heavy atom. The van der Waals surface area contributed by atoms with Crippen LogP contribution in [0.1, 0.15) is 51.2 Å². The minimum atomic E-state index is -0.667. The number of likely N-dealkylation sites (tertiary alicyclic amines) is 1. The molecule has 1 N–H and O–H groups in total. The number of ketones is 1. The van der Waals surface area contributed by atoms with Crippen molar-refractivity contribution in [3.63, 3.8) is 0 Å². The van der Waals surface area contributed by atoms with Crippen LogP contribution < -0.4 is 4.74 Å². The second-order valence-corrected chi connectivity index (χ2v) is 9.91. The van der Waals surface area contributed by atoms with E-state index in [1.807, 2.05) is 31.2 Å². The smallest absolute Gasteiger partial charge is 0.290 e. The molecule has 1 fully saturated rings. The summed E-state index contributed by atoms with van der Waals surface area (Å²) in [6.07, 6.45) is 5.21. The molecule has 0 saturated carbocycles. The zero-order chi connectivity index (χ0) is 24.2. The molecule has 0 aliphatic carbocycles. The van der Waals surface area contributed by atoms with Crippen LogP contribution in [0.15, 0.2) is 48.3 Å². The van der Waals surface area contributed by atoms with Crippen molar-refractivity contribution in [2.75, 3.05) is 32.8 Å². The molecule has 0 bridgehead atoms. The quantitative estimate of drug-likeness (QED) is 0.423. The minimum absolute atomic E-state index is 0.121. The monoisotopic (exact) mass is 481 g/mol. The van der Waals surface area contributed by atoms with E-state index < -0.39 is 17.7 Å². The number of carbonyl (C=O) groups is 2. The Labute approximate surface area is 204 Å². The van der Waals surface area contributed by atoms with Gasteiger partial charge in [0.2, 0.25) is 5.78 Å². The predicted molar refractivity (Wildman–Crippen MR) is 132 cm³/mol. The summed E-state index contributed by atoms with van der Waals surface area (Å²) >= 11 is 1.29. The Hall–Kier alpha value is -2.97. The van der Waals surface area contributed by atoms with Crippen molar-refractivity contribution < 1.29 is 19.4 Å². The number of aryl methyl sites for hydroxylation is 2. The summed E-state index contributed by atoms with van der Waals surface area (Å²) < 4.78 is 5.59. The number of carbonyl (C=O) groups excluding carboxylic acids is 2. The number of ether oxygens (including phenoxy) is 1. The maximum Gasteiger partial charge on any atom is 0.290 e. The highest BCUT2D eigenvalue weighted by molar-refractivity contribution is 7.14. The number of thiazole rings is 1. The second kappa shape index (κ2) is 10.5. The molecule has 1 atom stereocenters. The summed E-state index contributed by atoms with van der Waals surface area (Å²) in [6, 6.07) is 6.65. The molecule has 0 radical (unpaired) electrons. The maximum absolute atomic E-state index is 13.6. The molecule has 4 rings (SSSR count). The lowest BCUT2D eigenvalue weighted by Gasteiger charge is -2.31. The lowest BCUT2D eigenvalue weighted by molar-refractivity contribution is -0.129. The molecule has 1 unspecified atom stereocenters. The molecule has 180 valence electrons. The number of hydrogen-bond acceptors (Lipinski definition) is 7. The number of aliphatic hydroxyl groups is 1. The summed E-state index contributed by atoms with van der Waals surface area (Å²) in [5.74, 6) is -0.642. The Morgan fingerprint density at radius 1 is 1.21 bits per heavy atom. The van der Waals surface area contributed by atoms with Gasteiger partial charge in [-0.2, -0.15) is 0 Å². The zero-order valence-corrected chi connectivity index (χ0v) is 20.6. The zero-order valence-electron chi connectivity index (χ0n) is 19.7. The van der Waals surface area contributed by atoms with Gasteiger partial charge in [-0.05, 0) is 57.5 Å². The molecule has 1 saturated heterocycles. The molecule has 0 spiro atoms. The number of Topliss-reactive ketones (excluding diaryl/α,β-unsaturated/α-hetero) is 1. The molecule has 1 aromatic carbocycles. The average molecular weight is 482 g/mol. The van der Waals surface area contributed by atoms with E-state index in [0.29, 0.717) is 36.0 Å². The number of benzene rings is 1. The van der Waals surface area contributed by atoms with Crippen molar-refractivity contribution in [2.24, 2.45) is 0 Å². The van der Waals surface area contributed by atoms with Gasteiger partial charge in [-0.3, -0.25) is 9.59 Å². The normalized spacial score (nSPS) is 19.1. The van der Waals surface area contributed by atoms with Crippen molar-refractivity contribution in [3.05, 3.63) is 69.4 Å². The fourth-order valence-corrected chi connectivity index (χ4v) is 5.53. The van der Waals surface area contributed by atoms with Gasteiger partial charge in [0.05, 0.1) is 27.2 Å². The lowest BCUT2D eigenvalue weighted by atomic mass is 9.95.